The molecule has 0 bridgehead atoms. The van der Waals surface area contributed by atoms with Gasteiger partial charge in [-0.15, -0.1) is 0 Å². The van der Waals surface area contributed by atoms with Crippen LogP contribution in [0.5, 0.6) is 0 Å². The second kappa shape index (κ2) is 7.75. The van der Waals surface area contributed by atoms with Crippen LogP contribution in [0.2, 0.25) is 0 Å². The standard InChI is InChI=1S/C15H20FNO3/c1-3-17(4-2)15(20)10-11(18)9-14(19)12-7-5-6-8-13(12)16/h5-8,11,18H,3-4,9-10H2,1-2H3/t11-/m0/s1. The van der Waals surface area contributed by atoms with Crippen LogP contribution in [0.4, 0.5) is 4.39 Å². The molecule has 0 radical (unpaired) electrons. The van der Waals surface area contributed by atoms with Gasteiger partial charge in [-0.3, -0.25) is 9.59 Å². The number of halogens is 1. The highest BCUT2D eigenvalue weighted by Crippen LogP contribution is 2.12. The number of rotatable bonds is 7. The first-order chi connectivity index (χ1) is 9.49. The highest BCUT2D eigenvalue weighted by molar-refractivity contribution is 5.96. The Kier molecular flexibility index (Phi) is 6.31. The predicted molar refractivity (Wildman–Crippen MR) is 73.9 cm³/mol. The highest BCUT2D eigenvalue weighted by Gasteiger charge is 2.20. The molecule has 0 aliphatic rings. The summed E-state index contributed by atoms with van der Waals surface area (Å²) < 4.78 is 13.4. The van der Waals surface area contributed by atoms with Gasteiger partial charge in [-0.2, -0.15) is 0 Å². The smallest absolute Gasteiger partial charge is 0.225 e. The molecule has 0 spiro atoms. The van der Waals surface area contributed by atoms with Crippen molar-refractivity contribution in [3.05, 3.63) is 35.6 Å². The zero-order valence-corrected chi connectivity index (χ0v) is 11.8. The van der Waals surface area contributed by atoms with E-state index in [1.165, 1.54) is 18.2 Å². The summed E-state index contributed by atoms with van der Waals surface area (Å²) in [6, 6.07) is 5.62. The zero-order chi connectivity index (χ0) is 15.1. The first kappa shape index (κ1) is 16.3. The van der Waals surface area contributed by atoms with E-state index < -0.39 is 17.7 Å². The maximum atomic E-state index is 13.4. The van der Waals surface area contributed by atoms with Crippen LogP contribution in [0.25, 0.3) is 0 Å². The molecule has 1 N–H and O–H groups in total. The van der Waals surface area contributed by atoms with Crippen LogP contribution in [0, 0.1) is 5.82 Å². The first-order valence-corrected chi connectivity index (χ1v) is 6.73. The van der Waals surface area contributed by atoms with Gasteiger partial charge in [0.1, 0.15) is 5.82 Å². The number of carbonyl (C=O) groups excluding carboxylic acids is 2. The summed E-state index contributed by atoms with van der Waals surface area (Å²) >= 11 is 0. The minimum absolute atomic E-state index is 0.0539. The lowest BCUT2D eigenvalue weighted by Crippen LogP contribution is -2.33. The molecule has 4 nitrogen and oxygen atoms in total. The number of benzene rings is 1. The van der Waals surface area contributed by atoms with Crippen LogP contribution >= 0.6 is 0 Å². The molecule has 0 unspecified atom stereocenters. The lowest BCUT2D eigenvalue weighted by Gasteiger charge is -2.20. The summed E-state index contributed by atoms with van der Waals surface area (Å²) in [6.45, 7) is 4.81. The Balaban J connectivity index is 2.58. The molecular weight excluding hydrogens is 261 g/mol. The average molecular weight is 281 g/mol. The molecule has 0 aromatic heterocycles. The topological polar surface area (TPSA) is 57.6 Å². The Morgan fingerprint density at radius 2 is 1.80 bits per heavy atom. The van der Waals surface area contributed by atoms with E-state index in [4.69, 9.17) is 0 Å². The number of aliphatic hydroxyl groups excluding tert-OH is 1. The Morgan fingerprint density at radius 1 is 1.20 bits per heavy atom. The van der Waals surface area contributed by atoms with Gasteiger partial charge in [0.05, 0.1) is 18.1 Å². The van der Waals surface area contributed by atoms with Gasteiger partial charge in [0.2, 0.25) is 5.91 Å². The third-order valence-electron chi connectivity index (χ3n) is 3.12. The molecular formula is C15H20FNO3. The number of Topliss-reactive ketones (excluding diaryl/α,β-unsaturated/α-hetero) is 1. The summed E-state index contributed by atoms with van der Waals surface area (Å²) in [6.07, 6.45) is -1.47. The first-order valence-electron chi connectivity index (χ1n) is 6.73. The van der Waals surface area contributed by atoms with E-state index in [2.05, 4.69) is 0 Å². The van der Waals surface area contributed by atoms with Gasteiger partial charge in [-0.25, -0.2) is 4.39 Å². The number of carbonyl (C=O) groups is 2. The van der Waals surface area contributed by atoms with E-state index >= 15 is 0 Å². The van der Waals surface area contributed by atoms with E-state index in [-0.39, 0.29) is 24.3 Å². The monoisotopic (exact) mass is 281 g/mol. The molecule has 0 fully saturated rings. The minimum atomic E-state index is -1.09. The number of nitrogens with zero attached hydrogens (tertiary/aromatic N) is 1. The Hall–Kier alpha value is -1.75. The zero-order valence-electron chi connectivity index (χ0n) is 11.8. The van der Waals surface area contributed by atoms with Crippen molar-refractivity contribution in [3.63, 3.8) is 0 Å². The highest BCUT2D eigenvalue weighted by atomic mass is 19.1. The van der Waals surface area contributed by atoms with Crippen molar-refractivity contribution in [2.45, 2.75) is 32.8 Å². The quantitative estimate of drug-likeness (QED) is 0.778. The van der Waals surface area contributed by atoms with Crippen molar-refractivity contribution in [3.8, 4) is 0 Å². The average Bonchev–Trinajstić information content (AvgIpc) is 2.40. The van der Waals surface area contributed by atoms with Gasteiger partial charge in [0.15, 0.2) is 5.78 Å². The van der Waals surface area contributed by atoms with Crippen molar-refractivity contribution in [1.82, 2.24) is 4.90 Å². The maximum Gasteiger partial charge on any atom is 0.225 e. The molecule has 0 aliphatic carbocycles. The second-order valence-electron chi connectivity index (χ2n) is 4.53. The largest absolute Gasteiger partial charge is 0.392 e. The Bertz CT molecular complexity index is 472. The number of aliphatic hydroxyl groups is 1. The van der Waals surface area contributed by atoms with Crippen molar-refractivity contribution < 1.29 is 19.1 Å². The van der Waals surface area contributed by atoms with Gasteiger partial charge >= 0.3 is 0 Å². The maximum absolute atomic E-state index is 13.4. The molecule has 0 saturated heterocycles. The lowest BCUT2D eigenvalue weighted by molar-refractivity contribution is -0.132. The van der Waals surface area contributed by atoms with Crippen molar-refractivity contribution in [2.75, 3.05) is 13.1 Å². The molecule has 110 valence electrons. The molecule has 1 aromatic carbocycles. The Morgan fingerprint density at radius 3 is 2.35 bits per heavy atom. The molecule has 1 amide bonds. The minimum Gasteiger partial charge on any atom is -0.392 e. The third kappa shape index (κ3) is 4.42. The van der Waals surface area contributed by atoms with Crippen molar-refractivity contribution in [1.29, 1.82) is 0 Å². The summed E-state index contributed by atoms with van der Waals surface area (Å²) in [5.74, 6) is -1.31. The van der Waals surface area contributed by atoms with Gasteiger partial charge in [0.25, 0.3) is 0 Å². The van der Waals surface area contributed by atoms with Gasteiger partial charge < -0.3 is 10.0 Å². The molecule has 20 heavy (non-hydrogen) atoms. The molecule has 0 aliphatic heterocycles. The predicted octanol–water partition coefficient (Wildman–Crippen LogP) is 2.02. The van der Waals surface area contributed by atoms with Gasteiger partial charge in [0, 0.05) is 19.5 Å². The SMILES string of the molecule is CCN(CC)C(=O)C[C@@H](O)CC(=O)c1ccccc1F. The van der Waals surface area contributed by atoms with E-state index in [1.54, 1.807) is 11.0 Å². The molecule has 1 rings (SSSR count). The fraction of sp³-hybridized carbons (Fsp3) is 0.467. The fourth-order valence-corrected chi connectivity index (χ4v) is 1.99. The van der Waals surface area contributed by atoms with Crippen molar-refractivity contribution >= 4 is 11.7 Å². The normalized spacial score (nSPS) is 12.0. The summed E-state index contributed by atoms with van der Waals surface area (Å²) in [4.78, 5) is 25.2. The molecule has 0 heterocycles. The molecule has 0 saturated carbocycles. The number of amides is 1. The van der Waals surface area contributed by atoms with Crippen LogP contribution < -0.4 is 0 Å². The summed E-state index contributed by atoms with van der Waals surface area (Å²) in [5.41, 5.74) is -0.0539. The van der Waals surface area contributed by atoms with E-state index in [0.717, 1.165) is 0 Å². The van der Waals surface area contributed by atoms with Crippen molar-refractivity contribution in [2.24, 2.45) is 0 Å². The second-order valence-corrected chi connectivity index (χ2v) is 4.53. The number of hydrogen-bond acceptors (Lipinski definition) is 3. The van der Waals surface area contributed by atoms with Gasteiger partial charge in [-0.05, 0) is 26.0 Å². The van der Waals surface area contributed by atoms with E-state index in [0.29, 0.717) is 13.1 Å². The fourth-order valence-electron chi connectivity index (χ4n) is 1.99. The number of ketones is 1. The third-order valence-corrected chi connectivity index (χ3v) is 3.12. The van der Waals surface area contributed by atoms with E-state index in [1.807, 2.05) is 13.8 Å². The van der Waals surface area contributed by atoms with E-state index in [9.17, 15) is 19.1 Å². The van der Waals surface area contributed by atoms with Crippen LogP contribution in [0.15, 0.2) is 24.3 Å². The summed E-state index contributed by atoms with van der Waals surface area (Å²) in [5, 5.41) is 9.79. The molecule has 1 aromatic rings. The van der Waals surface area contributed by atoms with Crippen LogP contribution in [0.1, 0.15) is 37.0 Å². The molecule has 5 heteroatoms. The molecule has 1 atom stereocenters. The summed E-state index contributed by atoms with van der Waals surface area (Å²) in [7, 11) is 0. The Labute approximate surface area is 118 Å². The van der Waals surface area contributed by atoms with Crippen LogP contribution in [-0.4, -0.2) is 40.9 Å². The van der Waals surface area contributed by atoms with Crippen LogP contribution in [-0.2, 0) is 4.79 Å². The lowest BCUT2D eigenvalue weighted by atomic mass is 10.0. The van der Waals surface area contributed by atoms with Crippen LogP contribution in [0.3, 0.4) is 0 Å². The van der Waals surface area contributed by atoms with Gasteiger partial charge in [-0.1, -0.05) is 12.1 Å². The number of hydrogen-bond donors (Lipinski definition) is 1.